The van der Waals surface area contributed by atoms with Crippen molar-refractivity contribution in [1.82, 2.24) is 4.90 Å². The van der Waals surface area contributed by atoms with E-state index in [0.29, 0.717) is 0 Å². The highest BCUT2D eigenvalue weighted by molar-refractivity contribution is 6.30. The number of hydrogen-bond acceptors (Lipinski definition) is 2. The molecule has 0 spiro atoms. The van der Waals surface area contributed by atoms with Gasteiger partial charge in [-0.3, -0.25) is 4.90 Å². The maximum Gasteiger partial charge on any atom is 0.0605 e. The van der Waals surface area contributed by atoms with E-state index in [1.54, 1.807) is 0 Å². The molecule has 0 amide bonds. The average Bonchev–Trinajstić information content (AvgIpc) is 2.47. The Bertz CT molecular complexity index is 599. The van der Waals surface area contributed by atoms with Gasteiger partial charge in [-0.1, -0.05) is 48.0 Å². The van der Waals surface area contributed by atoms with Crippen LogP contribution in [0.3, 0.4) is 0 Å². The van der Waals surface area contributed by atoms with E-state index < -0.39 is 0 Å². The Morgan fingerprint density at radius 1 is 1.20 bits per heavy atom. The van der Waals surface area contributed by atoms with Crippen LogP contribution in [0.5, 0.6) is 0 Å². The van der Waals surface area contributed by atoms with Crippen LogP contribution in [-0.2, 0) is 6.42 Å². The summed E-state index contributed by atoms with van der Waals surface area (Å²) in [7, 11) is 2.07. The monoisotopic (exact) mass is 287 g/mol. The lowest BCUT2D eigenvalue weighted by atomic mass is 9.85. The zero-order chi connectivity index (χ0) is 14.1. The Kier molecular flexibility index (Phi) is 3.79. The van der Waals surface area contributed by atoms with E-state index in [2.05, 4.69) is 48.3 Å². The largest absolute Gasteiger partial charge is 0.395 e. The Balaban J connectivity index is 2.13. The molecule has 20 heavy (non-hydrogen) atoms. The van der Waals surface area contributed by atoms with Crippen LogP contribution < -0.4 is 0 Å². The fourth-order valence-corrected chi connectivity index (χ4v) is 3.26. The zero-order valence-corrected chi connectivity index (χ0v) is 12.2. The molecule has 0 bridgehead atoms. The highest BCUT2D eigenvalue weighted by Crippen LogP contribution is 2.37. The van der Waals surface area contributed by atoms with Crippen molar-refractivity contribution in [2.24, 2.45) is 0 Å². The number of rotatable bonds is 2. The van der Waals surface area contributed by atoms with Gasteiger partial charge in [-0.25, -0.2) is 0 Å². The van der Waals surface area contributed by atoms with Gasteiger partial charge in [0.05, 0.1) is 12.6 Å². The van der Waals surface area contributed by atoms with Crippen molar-refractivity contribution in [3.05, 3.63) is 70.2 Å². The van der Waals surface area contributed by atoms with Crippen molar-refractivity contribution >= 4 is 11.6 Å². The van der Waals surface area contributed by atoms with E-state index in [4.69, 9.17) is 11.6 Å². The minimum Gasteiger partial charge on any atom is -0.395 e. The SMILES string of the molecule is CN1[C@H](CO)Cc2ccc(Cl)cc2[C@@H]1c1ccccc1. The molecular weight excluding hydrogens is 270 g/mol. The van der Waals surface area contributed by atoms with Gasteiger partial charge in [0.25, 0.3) is 0 Å². The second kappa shape index (κ2) is 5.57. The molecule has 0 radical (unpaired) electrons. The van der Waals surface area contributed by atoms with Crippen molar-refractivity contribution in [2.45, 2.75) is 18.5 Å². The maximum absolute atomic E-state index is 9.64. The van der Waals surface area contributed by atoms with Gasteiger partial charge < -0.3 is 5.11 Å². The van der Waals surface area contributed by atoms with Crippen molar-refractivity contribution in [3.63, 3.8) is 0 Å². The molecule has 0 aromatic heterocycles. The molecule has 104 valence electrons. The lowest BCUT2D eigenvalue weighted by molar-refractivity contribution is 0.112. The molecule has 0 aliphatic carbocycles. The van der Waals surface area contributed by atoms with Gasteiger partial charge in [0.1, 0.15) is 0 Å². The highest BCUT2D eigenvalue weighted by atomic mass is 35.5. The summed E-state index contributed by atoms with van der Waals surface area (Å²) in [6.07, 6.45) is 0.864. The summed E-state index contributed by atoms with van der Waals surface area (Å²) in [5.41, 5.74) is 3.76. The molecule has 3 rings (SSSR count). The molecular formula is C17H18ClNO. The van der Waals surface area contributed by atoms with Crippen molar-refractivity contribution in [3.8, 4) is 0 Å². The molecule has 1 aliphatic rings. The third-order valence-corrected chi connectivity index (χ3v) is 4.40. The fourth-order valence-electron chi connectivity index (χ4n) is 3.08. The number of nitrogens with zero attached hydrogens (tertiary/aromatic N) is 1. The normalized spacial score (nSPS) is 22.6. The summed E-state index contributed by atoms with van der Waals surface area (Å²) in [5, 5.41) is 10.4. The molecule has 1 heterocycles. The van der Waals surface area contributed by atoms with E-state index in [9.17, 15) is 5.11 Å². The average molecular weight is 288 g/mol. The van der Waals surface area contributed by atoms with Crippen LogP contribution in [0.25, 0.3) is 0 Å². The number of halogens is 1. The smallest absolute Gasteiger partial charge is 0.0605 e. The van der Waals surface area contributed by atoms with Crippen molar-refractivity contribution in [2.75, 3.05) is 13.7 Å². The van der Waals surface area contributed by atoms with Crippen LogP contribution in [0.15, 0.2) is 48.5 Å². The van der Waals surface area contributed by atoms with Gasteiger partial charge >= 0.3 is 0 Å². The third-order valence-electron chi connectivity index (χ3n) is 4.17. The molecule has 2 nitrogen and oxygen atoms in total. The van der Waals surface area contributed by atoms with Crippen LogP contribution in [-0.4, -0.2) is 29.7 Å². The summed E-state index contributed by atoms with van der Waals surface area (Å²) in [5.74, 6) is 0. The number of benzene rings is 2. The van der Waals surface area contributed by atoms with Crippen molar-refractivity contribution in [1.29, 1.82) is 0 Å². The summed E-state index contributed by atoms with van der Waals surface area (Å²) in [6, 6.07) is 16.8. The molecule has 3 heteroatoms. The first-order valence-corrected chi connectivity index (χ1v) is 7.24. The molecule has 1 N–H and O–H groups in total. The second-order valence-electron chi connectivity index (χ2n) is 5.36. The molecule has 2 aromatic rings. The molecule has 0 fully saturated rings. The number of hydrogen-bond donors (Lipinski definition) is 1. The minimum atomic E-state index is 0.147. The van der Waals surface area contributed by atoms with E-state index in [-0.39, 0.29) is 18.7 Å². The van der Waals surface area contributed by atoms with E-state index in [0.717, 1.165) is 11.4 Å². The van der Waals surface area contributed by atoms with E-state index >= 15 is 0 Å². The Morgan fingerprint density at radius 2 is 1.95 bits per heavy atom. The number of aliphatic hydroxyl groups is 1. The van der Waals surface area contributed by atoms with Crippen LogP contribution in [0.4, 0.5) is 0 Å². The molecule has 0 saturated heterocycles. The zero-order valence-electron chi connectivity index (χ0n) is 11.5. The predicted octanol–water partition coefficient (Wildman–Crippen LogP) is 3.28. The van der Waals surface area contributed by atoms with Crippen molar-refractivity contribution < 1.29 is 5.11 Å². The van der Waals surface area contributed by atoms with Crippen LogP contribution in [0.2, 0.25) is 5.02 Å². The summed E-state index contributed by atoms with van der Waals surface area (Å²) in [6.45, 7) is 0.169. The van der Waals surface area contributed by atoms with Gasteiger partial charge in [-0.2, -0.15) is 0 Å². The Morgan fingerprint density at radius 3 is 2.65 bits per heavy atom. The third kappa shape index (κ3) is 2.35. The number of aliphatic hydroxyl groups excluding tert-OH is 1. The summed E-state index contributed by atoms with van der Waals surface area (Å²) in [4.78, 5) is 2.24. The first kappa shape index (κ1) is 13.6. The summed E-state index contributed by atoms with van der Waals surface area (Å²) >= 11 is 6.18. The highest BCUT2D eigenvalue weighted by Gasteiger charge is 2.32. The molecule has 2 aromatic carbocycles. The molecule has 0 saturated carbocycles. The number of fused-ring (bicyclic) bond motifs is 1. The number of likely N-dealkylation sites (N-methyl/N-ethyl adjacent to an activating group) is 1. The van der Waals surface area contributed by atoms with E-state index in [1.165, 1.54) is 16.7 Å². The first-order chi connectivity index (χ1) is 9.70. The molecule has 2 atom stereocenters. The van der Waals surface area contributed by atoms with Crippen LogP contribution in [0.1, 0.15) is 22.7 Å². The van der Waals surface area contributed by atoms with Crippen LogP contribution in [0, 0.1) is 0 Å². The quantitative estimate of drug-likeness (QED) is 0.916. The standard InChI is InChI=1S/C17H18ClNO/c1-19-15(11-20)9-13-7-8-14(18)10-16(13)17(19)12-5-3-2-4-6-12/h2-8,10,15,17,20H,9,11H2,1H3/t15-,17-/m0/s1. The maximum atomic E-state index is 9.64. The Labute approximate surface area is 124 Å². The predicted molar refractivity (Wildman–Crippen MR) is 82.1 cm³/mol. The lowest BCUT2D eigenvalue weighted by Gasteiger charge is -2.40. The van der Waals surface area contributed by atoms with Gasteiger partial charge in [0.15, 0.2) is 0 Å². The van der Waals surface area contributed by atoms with Gasteiger partial charge in [-0.05, 0) is 42.3 Å². The summed E-state index contributed by atoms with van der Waals surface area (Å²) < 4.78 is 0. The minimum absolute atomic E-state index is 0.147. The topological polar surface area (TPSA) is 23.5 Å². The molecule has 1 aliphatic heterocycles. The second-order valence-corrected chi connectivity index (χ2v) is 5.80. The van der Waals surface area contributed by atoms with Crippen LogP contribution >= 0.6 is 11.6 Å². The fraction of sp³-hybridized carbons (Fsp3) is 0.294. The van der Waals surface area contributed by atoms with Gasteiger partial charge in [0, 0.05) is 11.1 Å². The molecule has 0 unspecified atom stereocenters. The van der Waals surface area contributed by atoms with Gasteiger partial charge in [0.2, 0.25) is 0 Å². The lowest BCUT2D eigenvalue weighted by Crippen LogP contribution is -2.43. The van der Waals surface area contributed by atoms with Gasteiger partial charge in [-0.15, -0.1) is 0 Å². The van der Waals surface area contributed by atoms with E-state index in [1.807, 2.05) is 12.1 Å². The Hall–Kier alpha value is -1.35. The first-order valence-electron chi connectivity index (χ1n) is 6.86.